The van der Waals surface area contributed by atoms with Crippen LogP contribution in [-0.4, -0.2) is 98.2 Å². The molecule has 1 N–H and O–H groups in total. The molecule has 2 aliphatic heterocycles. The maximum absolute atomic E-state index is 12.9. The molecule has 0 radical (unpaired) electrons. The topological polar surface area (TPSA) is 126 Å². The number of carbonyl (C=O) groups is 1. The zero-order valence-corrected chi connectivity index (χ0v) is 24.8. The van der Waals surface area contributed by atoms with Gasteiger partial charge in [-0.3, -0.25) is 4.79 Å². The van der Waals surface area contributed by atoms with Crippen LogP contribution in [0.3, 0.4) is 0 Å². The van der Waals surface area contributed by atoms with Gasteiger partial charge < -0.3 is 29.5 Å². The number of pyridine rings is 2. The van der Waals surface area contributed by atoms with Crippen LogP contribution in [0.15, 0.2) is 67.4 Å². The fourth-order valence-electron chi connectivity index (χ4n) is 5.29. The summed E-state index contributed by atoms with van der Waals surface area (Å²) in [7, 11) is 3.94. The molecule has 6 heterocycles. The van der Waals surface area contributed by atoms with E-state index in [-0.39, 0.29) is 11.9 Å². The fourth-order valence-corrected chi connectivity index (χ4v) is 5.51. The molecule has 7 rings (SSSR count). The number of hydrogen-bond donors (Lipinski definition) is 1. The van der Waals surface area contributed by atoms with E-state index in [4.69, 9.17) is 26.1 Å². The van der Waals surface area contributed by atoms with Crippen LogP contribution >= 0.6 is 11.6 Å². The van der Waals surface area contributed by atoms with E-state index in [1.165, 1.54) is 12.7 Å². The molecule has 1 amide bonds. The first-order valence-corrected chi connectivity index (χ1v) is 14.5. The summed E-state index contributed by atoms with van der Waals surface area (Å²) in [5.74, 6) is 2.95. The number of anilines is 3. The van der Waals surface area contributed by atoms with Gasteiger partial charge in [0.15, 0.2) is 23.0 Å². The molecule has 0 spiro atoms. The van der Waals surface area contributed by atoms with Gasteiger partial charge >= 0.3 is 0 Å². The lowest BCUT2D eigenvalue weighted by Gasteiger charge is -2.39. The molecule has 1 saturated heterocycles. The molecular weight excluding hydrogens is 584 g/mol. The molecule has 2 bridgehead atoms. The second kappa shape index (κ2) is 11.6. The van der Waals surface area contributed by atoms with Crippen molar-refractivity contribution < 1.29 is 14.3 Å². The molecule has 44 heavy (non-hydrogen) atoms. The van der Waals surface area contributed by atoms with Crippen molar-refractivity contribution in [2.24, 2.45) is 0 Å². The molecule has 13 nitrogen and oxygen atoms in total. The SMILES string of the molecule is CN(C)C/C=C/C(=O)N1CCN2C[C@@H]1COc1cc3ncnc(Nc4ccc(Oc5ccn6ncnc6c5)c(Cl)c4)c3nc12. The number of rotatable bonds is 7. The van der Waals surface area contributed by atoms with Gasteiger partial charge in [-0.05, 0) is 38.4 Å². The van der Waals surface area contributed by atoms with Crippen LogP contribution in [0, 0.1) is 0 Å². The Morgan fingerprint density at radius 1 is 1.16 bits per heavy atom. The Bertz CT molecular complexity index is 1890. The molecule has 1 atom stereocenters. The first-order valence-electron chi connectivity index (χ1n) is 14.1. The van der Waals surface area contributed by atoms with Crippen molar-refractivity contribution in [1.82, 2.24) is 39.3 Å². The molecule has 0 aliphatic carbocycles. The Morgan fingerprint density at radius 2 is 2.07 bits per heavy atom. The lowest BCUT2D eigenvalue weighted by molar-refractivity contribution is -0.129. The van der Waals surface area contributed by atoms with E-state index in [0.29, 0.717) is 89.1 Å². The minimum atomic E-state index is -0.0950. The van der Waals surface area contributed by atoms with Crippen molar-refractivity contribution >= 4 is 51.5 Å². The molecule has 4 aromatic heterocycles. The molecular formula is C30H29ClN10O3. The smallest absolute Gasteiger partial charge is 0.246 e. The highest BCUT2D eigenvalue weighted by Crippen LogP contribution is 2.37. The van der Waals surface area contributed by atoms with E-state index in [0.717, 1.165) is 0 Å². The van der Waals surface area contributed by atoms with E-state index in [9.17, 15) is 4.79 Å². The number of carbonyl (C=O) groups excluding carboxylic acids is 1. The lowest BCUT2D eigenvalue weighted by Crippen LogP contribution is -2.56. The summed E-state index contributed by atoms with van der Waals surface area (Å²) in [6.07, 6.45) is 8.26. The Hall–Kier alpha value is -5.01. The van der Waals surface area contributed by atoms with Crippen molar-refractivity contribution in [3.63, 3.8) is 0 Å². The van der Waals surface area contributed by atoms with Gasteiger partial charge in [0.05, 0.1) is 16.6 Å². The van der Waals surface area contributed by atoms with Crippen molar-refractivity contribution in [3.8, 4) is 17.2 Å². The molecule has 0 saturated carbocycles. The summed E-state index contributed by atoms with van der Waals surface area (Å²) in [6.45, 7) is 2.92. The van der Waals surface area contributed by atoms with Crippen molar-refractivity contribution in [2.45, 2.75) is 6.04 Å². The van der Waals surface area contributed by atoms with Gasteiger partial charge in [-0.25, -0.2) is 24.5 Å². The number of nitrogens with zero attached hydrogens (tertiary/aromatic N) is 9. The molecule has 1 aromatic carbocycles. The van der Waals surface area contributed by atoms with Gasteiger partial charge in [0, 0.05) is 56.3 Å². The van der Waals surface area contributed by atoms with Crippen molar-refractivity contribution in [1.29, 1.82) is 0 Å². The number of hydrogen-bond acceptors (Lipinski definition) is 11. The Morgan fingerprint density at radius 3 is 2.93 bits per heavy atom. The van der Waals surface area contributed by atoms with Gasteiger partial charge in [-0.15, -0.1) is 0 Å². The summed E-state index contributed by atoms with van der Waals surface area (Å²) in [6, 6.07) is 10.8. The van der Waals surface area contributed by atoms with Crippen molar-refractivity contribution in [2.75, 3.05) is 57.1 Å². The van der Waals surface area contributed by atoms with E-state index in [1.54, 1.807) is 41.1 Å². The second-order valence-electron chi connectivity index (χ2n) is 10.8. The minimum Gasteiger partial charge on any atom is -0.487 e. The van der Waals surface area contributed by atoms with Crippen LogP contribution in [0.2, 0.25) is 5.02 Å². The highest BCUT2D eigenvalue weighted by atomic mass is 35.5. The average molecular weight is 613 g/mol. The molecule has 0 unspecified atom stereocenters. The normalized spacial score (nSPS) is 16.3. The minimum absolute atomic E-state index is 0.00648. The van der Waals surface area contributed by atoms with Crippen LogP contribution in [0.4, 0.5) is 17.3 Å². The number of amides is 1. The van der Waals surface area contributed by atoms with E-state index in [2.05, 4.69) is 30.3 Å². The number of fused-ring (bicyclic) bond motifs is 6. The summed E-state index contributed by atoms with van der Waals surface area (Å²) in [5.41, 5.74) is 2.60. The number of nitrogens with one attached hydrogen (secondary N) is 1. The number of aromatic nitrogens is 6. The monoisotopic (exact) mass is 612 g/mol. The molecule has 1 fully saturated rings. The summed E-state index contributed by atoms with van der Waals surface area (Å²) in [4.78, 5) is 37.1. The molecule has 224 valence electrons. The standard InChI is InChI=1S/C30H29ClN10O3/c1-38(2)8-3-4-27(42)40-11-10-39-15-20(40)16-43-25-14-23-28(37-30(25)39)29(34-17-32-23)36-19-5-6-24(22(31)12-19)44-21-7-9-41-26(13-21)33-18-35-41/h3-7,9,12-14,17-18,20H,8,10-11,15-16H2,1-2H3,(H,32,34,36)/b4-3+/t20-/m1/s1. The first-order chi connectivity index (χ1) is 21.4. The summed E-state index contributed by atoms with van der Waals surface area (Å²) < 4.78 is 13.8. The zero-order chi connectivity index (χ0) is 30.2. The zero-order valence-electron chi connectivity index (χ0n) is 24.1. The summed E-state index contributed by atoms with van der Waals surface area (Å²) >= 11 is 6.60. The Labute approximate surface area is 257 Å². The predicted molar refractivity (Wildman–Crippen MR) is 166 cm³/mol. The van der Waals surface area contributed by atoms with Gasteiger partial charge in [0.2, 0.25) is 5.91 Å². The van der Waals surface area contributed by atoms with E-state index >= 15 is 0 Å². The fraction of sp³-hybridized carbons (Fsp3) is 0.267. The Kier molecular flexibility index (Phi) is 7.32. The first kappa shape index (κ1) is 27.8. The van der Waals surface area contributed by atoms with Crippen LogP contribution in [0.5, 0.6) is 17.2 Å². The highest BCUT2D eigenvalue weighted by molar-refractivity contribution is 6.32. The van der Waals surface area contributed by atoms with Gasteiger partial charge in [-0.1, -0.05) is 17.7 Å². The quantitative estimate of drug-likeness (QED) is 0.270. The maximum Gasteiger partial charge on any atom is 0.246 e. The largest absolute Gasteiger partial charge is 0.487 e. The van der Waals surface area contributed by atoms with Gasteiger partial charge in [0.25, 0.3) is 0 Å². The van der Waals surface area contributed by atoms with Crippen LogP contribution in [0.25, 0.3) is 16.7 Å². The van der Waals surface area contributed by atoms with Gasteiger partial charge in [-0.2, -0.15) is 5.10 Å². The van der Waals surface area contributed by atoms with Crippen molar-refractivity contribution in [3.05, 3.63) is 72.4 Å². The highest BCUT2D eigenvalue weighted by Gasteiger charge is 2.35. The third-order valence-corrected chi connectivity index (χ3v) is 7.75. The number of piperazine rings is 1. The summed E-state index contributed by atoms with van der Waals surface area (Å²) in [5, 5.41) is 7.84. The third-order valence-electron chi connectivity index (χ3n) is 7.46. The number of halogens is 1. The maximum atomic E-state index is 12.9. The molecule has 2 aliphatic rings. The van der Waals surface area contributed by atoms with Crippen LogP contribution in [-0.2, 0) is 4.79 Å². The third kappa shape index (κ3) is 5.54. The Balaban J connectivity index is 1.10. The molecule has 14 heteroatoms. The lowest BCUT2D eigenvalue weighted by atomic mass is 10.1. The van der Waals surface area contributed by atoms with E-state index in [1.807, 2.05) is 42.1 Å². The number of benzene rings is 1. The van der Waals surface area contributed by atoms with Crippen LogP contribution < -0.4 is 19.7 Å². The van der Waals surface area contributed by atoms with Gasteiger partial charge in [0.1, 0.15) is 36.3 Å². The average Bonchev–Trinajstić information content (AvgIpc) is 3.44. The van der Waals surface area contributed by atoms with E-state index < -0.39 is 0 Å². The molecule has 5 aromatic rings. The van der Waals surface area contributed by atoms with Crippen LogP contribution in [0.1, 0.15) is 0 Å². The number of ether oxygens (including phenoxy) is 2. The second-order valence-corrected chi connectivity index (χ2v) is 11.2. The predicted octanol–water partition coefficient (Wildman–Crippen LogP) is 3.78. The number of likely N-dealkylation sites (N-methyl/N-ethyl adjacent to an activating group) is 1.